The third-order valence-electron chi connectivity index (χ3n) is 6.27. The molecular weight excluding hydrogens is 454 g/mol. The lowest BCUT2D eigenvalue weighted by atomic mass is 9.96. The molecule has 0 aromatic heterocycles. The van der Waals surface area contributed by atoms with Crippen LogP contribution in [0.1, 0.15) is 54.2 Å². The van der Waals surface area contributed by atoms with E-state index in [4.69, 9.17) is 9.47 Å². The van der Waals surface area contributed by atoms with Crippen molar-refractivity contribution in [3.63, 3.8) is 0 Å². The molecule has 1 atom stereocenters. The summed E-state index contributed by atoms with van der Waals surface area (Å²) in [6.07, 6.45) is 1.80. The van der Waals surface area contributed by atoms with Crippen LogP contribution in [0.15, 0.2) is 24.3 Å². The number of alkyl carbamates (subject to hydrolysis) is 1. The lowest BCUT2D eigenvalue weighted by molar-refractivity contribution is -0.425. The van der Waals surface area contributed by atoms with E-state index in [0.29, 0.717) is 6.42 Å². The van der Waals surface area contributed by atoms with E-state index in [1.54, 1.807) is 20.8 Å². The van der Waals surface area contributed by atoms with Gasteiger partial charge in [0.1, 0.15) is 36.1 Å². The zero-order chi connectivity index (χ0) is 26.8. The highest BCUT2D eigenvalue weighted by Crippen LogP contribution is 2.31. The van der Waals surface area contributed by atoms with Crippen LogP contribution in [0.2, 0.25) is 0 Å². The fraction of sp³-hybridized carbons (Fsp3) is 0.483. The van der Waals surface area contributed by atoms with Gasteiger partial charge in [-0.15, -0.1) is 0 Å². The van der Waals surface area contributed by atoms with Gasteiger partial charge in [0.25, 0.3) is 0 Å². The molecule has 1 aliphatic rings. The fourth-order valence-corrected chi connectivity index (χ4v) is 4.96. The van der Waals surface area contributed by atoms with Crippen LogP contribution in [0.5, 0.6) is 0 Å². The lowest BCUT2D eigenvalue weighted by Crippen LogP contribution is -2.45. The number of ether oxygens (including phenoxy) is 2. The van der Waals surface area contributed by atoms with Gasteiger partial charge in [0, 0.05) is 12.0 Å². The van der Waals surface area contributed by atoms with Crippen molar-refractivity contribution < 1.29 is 23.6 Å². The van der Waals surface area contributed by atoms with Crippen molar-refractivity contribution in [3.05, 3.63) is 57.6 Å². The maximum atomic E-state index is 12.6. The van der Waals surface area contributed by atoms with E-state index in [0.717, 1.165) is 35.5 Å². The average Bonchev–Trinajstić information content (AvgIpc) is 3.21. The number of rotatable bonds is 6. The number of aryl methyl sites for hydroxylation is 5. The van der Waals surface area contributed by atoms with Gasteiger partial charge in [0.05, 0.1) is 7.11 Å². The molecule has 1 amide bonds. The van der Waals surface area contributed by atoms with Crippen LogP contribution < -0.4 is 10.2 Å². The number of nitrogens with one attached hydrogen (secondary N) is 1. The maximum Gasteiger partial charge on any atom is 0.408 e. The van der Waals surface area contributed by atoms with Gasteiger partial charge >= 0.3 is 12.1 Å². The van der Waals surface area contributed by atoms with Crippen LogP contribution >= 0.6 is 0 Å². The third-order valence-corrected chi connectivity index (χ3v) is 6.27. The van der Waals surface area contributed by atoms with Crippen LogP contribution in [0.4, 0.5) is 16.2 Å². The van der Waals surface area contributed by atoms with Crippen LogP contribution in [0.3, 0.4) is 0 Å². The number of hydrogen-bond acceptors (Lipinski definition) is 5. The Morgan fingerprint density at radius 3 is 2.17 bits per heavy atom. The van der Waals surface area contributed by atoms with E-state index in [1.807, 2.05) is 6.92 Å². The Kier molecular flexibility index (Phi) is 8.12. The molecule has 3 rings (SSSR count). The molecular formula is C29H40N3O4+. The Bertz CT molecular complexity index is 1170. The Morgan fingerprint density at radius 1 is 1.00 bits per heavy atom. The minimum absolute atomic E-state index is 0.292. The number of hydrogen-bond donors (Lipinski definition) is 1. The Morgan fingerprint density at radius 2 is 1.58 bits per heavy atom. The summed E-state index contributed by atoms with van der Waals surface area (Å²) in [6, 6.07) is 7.79. The molecule has 0 fully saturated rings. The zero-order valence-electron chi connectivity index (χ0n) is 23.1. The molecule has 0 radical (unpaired) electrons. The topological polar surface area (TPSA) is 70.9 Å². The van der Waals surface area contributed by atoms with Gasteiger partial charge in [-0.1, -0.05) is 23.8 Å². The van der Waals surface area contributed by atoms with E-state index in [9.17, 15) is 9.59 Å². The largest absolute Gasteiger partial charge is 0.467 e. The number of esters is 1. The molecule has 0 unspecified atom stereocenters. The third kappa shape index (κ3) is 6.45. The van der Waals surface area contributed by atoms with Gasteiger partial charge < -0.3 is 14.8 Å². The molecule has 2 aromatic rings. The van der Waals surface area contributed by atoms with Crippen molar-refractivity contribution in [2.24, 2.45) is 0 Å². The SMILES string of the molecule is COC(=O)[C@H](Cc1c(C)cc(C)cc1N1C=[N+](c2c(C)cc(C)cc2C)CC1)NC(=O)OC(C)(C)C. The highest BCUT2D eigenvalue weighted by Gasteiger charge is 2.31. The highest BCUT2D eigenvalue weighted by atomic mass is 16.6. The van der Waals surface area contributed by atoms with E-state index >= 15 is 0 Å². The molecule has 1 aliphatic heterocycles. The van der Waals surface area contributed by atoms with Gasteiger partial charge in [-0.3, -0.25) is 0 Å². The Labute approximate surface area is 215 Å². The number of carbonyl (C=O) groups is 2. The lowest BCUT2D eigenvalue weighted by Gasteiger charge is -2.24. The molecule has 0 saturated heterocycles. The van der Waals surface area contributed by atoms with Gasteiger partial charge in [0.2, 0.25) is 6.34 Å². The summed E-state index contributed by atoms with van der Waals surface area (Å²) in [6.45, 7) is 17.5. The zero-order valence-corrected chi connectivity index (χ0v) is 23.1. The number of nitrogens with zero attached hydrogens (tertiary/aromatic N) is 2. The Balaban J connectivity index is 1.97. The van der Waals surface area contributed by atoms with Crippen LogP contribution in [0, 0.1) is 34.6 Å². The fourth-order valence-electron chi connectivity index (χ4n) is 4.96. The van der Waals surface area contributed by atoms with Crippen molar-refractivity contribution >= 4 is 29.8 Å². The van der Waals surface area contributed by atoms with E-state index in [-0.39, 0.29) is 0 Å². The van der Waals surface area contributed by atoms with Gasteiger partial charge in [-0.25, -0.2) is 19.1 Å². The van der Waals surface area contributed by atoms with E-state index in [1.165, 1.54) is 29.5 Å². The van der Waals surface area contributed by atoms with E-state index in [2.05, 4.69) is 73.1 Å². The number of benzene rings is 2. The van der Waals surface area contributed by atoms with Gasteiger partial charge in [-0.05, 0) is 83.7 Å². The van der Waals surface area contributed by atoms with Crippen molar-refractivity contribution in [3.8, 4) is 0 Å². The van der Waals surface area contributed by atoms with Crippen LogP contribution in [0.25, 0.3) is 0 Å². The number of amides is 1. The molecule has 194 valence electrons. The molecule has 7 heteroatoms. The van der Waals surface area contributed by atoms with Crippen molar-refractivity contribution in [1.82, 2.24) is 5.32 Å². The molecule has 2 aromatic carbocycles. The number of anilines is 1. The van der Waals surface area contributed by atoms with Crippen molar-refractivity contribution in [1.29, 1.82) is 0 Å². The summed E-state index contributed by atoms with van der Waals surface area (Å²) >= 11 is 0. The second-order valence-electron chi connectivity index (χ2n) is 10.8. The van der Waals surface area contributed by atoms with Gasteiger partial charge in [-0.2, -0.15) is 0 Å². The summed E-state index contributed by atoms with van der Waals surface area (Å²) in [5, 5.41) is 2.71. The first-order chi connectivity index (χ1) is 16.8. The first-order valence-electron chi connectivity index (χ1n) is 12.4. The quantitative estimate of drug-likeness (QED) is 0.451. The molecule has 36 heavy (non-hydrogen) atoms. The smallest absolute Gasteiger partial charge is 0.408 e. The summed E-state index contributed by atoms with van der Waals surface area (Å²) < 4.78 is 12.7. The minimum Gasteiger partial charge on any atom is -0.467 e. The van der Waals surface area contributed by atoms with E-state index < -0.39 is 23.7 Å². The Hall–Kier alpha value is -3.35. The first kappa shape index (κ1) is 27.2. The summed E-state index contributed by atoms with van der Waals surface area (Å²) in [7, 11) is 1.33. The monoisotopic (exact) mass is 494 g/mol. The second-order valence-corrected chi connectivity index (χ2v) is 10.8. The molecule has 1 N–H and O–H groups in total. The van der Waals surface area contributed by atoms with Crippen LogP contribution in [-0.4, -0.2) is 54.8 Å². The van der Waals surface area contributed by atoms with Crippen molar-refractivity contribution in [2.75, 3.05) is 25.1 Å². The number of methoxy groups -OCH3 is 1. The normalized spacial score (nSPS) is 14.4. The molecule has 7 nitrogen and oxygen atoms in total. The predicted molar refractivity (Wildman–Crippen MR) is 144 cm³/mol. The summed E-state index contributed by atoms with van der Waals surface area (Å²) in [4.78, 5) is 27.4. The molecule has 0 aliphatic carbocycles. The summed E-state index contributed by atoms with van der Waals surface area (Å²) in [5.74, 6) is -0.510. The second kappa shape index (κ2) is 10.7. The first-order valence-corrected chi connectivity index (χ1v) is 12.4. The summed E-state index contributed by atoms with van der Waals surface area (Å²) in [5.41, 5.74) is 8.52. The standard InChI is InChI=1S/C29H39N3O4/c1-18-13-21(4)26(22(5)14-18)32-11-10-31(17-32)25-15-19(2)12-20(3)23(25)16-24(27(33)35-9)30-28(34)36-29(6,7)8/h12-15,17,24H,10-11,16H2,1-9H3/p+1/t24-/m0/s1. The number of carbonyl (C=O) groups excluding carboxylic acids is 2. The predicted octanol–water partition coefficient (Wildman–Crippen LogP) is 5.03. The van der Waals surface area contributed by atoms with Crippen molar-refractivity contribution in [2.45, 2.75) is 73.5 Å². The molecule has 1 heterocycles. The highest BCUT2D eigenvalue weighted by molar-refractivity contribution is 5.84. The average molecular weight is 495 g/mol. The van der Waals surface area contributed by atoms with Crippen LogP contribution in [-0.2, 0) is 20.7 Å². The minimum atomic E-state index is -0.870. The maximum absolute atomic E-state index is 12.6. The molecule has 0 spiro atoms. The van der Waals surface area contributed by atoms with Gasteiger partial charge in [0.15, 0.2) is 0 Å². The molecule has 0 saturated carbocycles. The molecule has 0 bridgehead atoms.